The van der Waals surface area contributed by atoms with Crippen LogP contribution in [0.4, 0.5) is 5.82 Å². The van der Waals surface area contributed by atoms with Crippen molar-refractivity contribution in [3.8, 4) is 17.2 Å². The van der Waals surface area contributed by atoms with E-state index in [9.17, 15) is 19.8 Å². The number of para-hydroxylation sites is 1. The Hall–Kier alpha value is -4.15. The minimum atomic E-state index is -1.47. The van der Waals surface area contributed by atoms with Crippen LogP contribution in [0, 0.1) is 0 Å². The van der Waals surface area contributed by atoms with Gasteiger partial charge in [0.2, 0.25) is 0 Å². The van der Waals surface area contributed by atoms with Crippen LogP contribution >= 0.6 is 0 Å². The Morgan fingerprint density at radius 3 is 2.56 bits per heavy atom. The van der Waals surface area contributed by atoms with Crippen molar-refractivity contribution >= 4 is 22.8 Å². The van der Waals surface area contributed by atoms with Gasteiger partial charge in [0.1, 0.15) is 22.8 Å². The molecule has 0 bridgehead atoms. The second-order valence-corrected chi connectivity index (χ2v) is 8.73. The van der Waals surface area contributed by atoms with Crippen molar-refractivity contribution in [1.82, 2.24) is 19.0 Å². The van der Waals surface area contributed by atoms with Crippen LogP contribution in [-0.4, -0.2) is 60.4 Å². The SMILES string of the molecule is Nc1nccc2c1n(-c1ccc(Oc3ccccc3)cc1)c(=O)n2C[C@H]1CCCN1C(=O)C(O)CO. The molecule has 1 aliphatic heterocycles. The smallest absolute Gasteiger partial charge is 0.333 e. The highest BCUT2D eigenvalue weighted by molar-refractivity contribution is 5.87. The first-order valence-electron chi connectivity index (χ1n) is 11.8. The van der Waals surface area contributed by atoms with Gasteiger partial charge in [-0.05, 0) is 55.3 Å². The summed E-state index contributed by atoms with van der Waals surface area (Å²) in [6.07, 6.45) is 1.49. The number of nitrogens with zero attached hydrogens (tertiary/aromatic N) is 4. The van der Waals surface area contributed by atoms with Crippen LogP contribution in [0.25, 0.3) is 16.7 Å². The van der Waals surface area contributed by atoms with E-state index in [1.165, 1.54) is 9.47 Å². The van der Waals surface area contributed by atoms with Crippen LogP contribution in [0.1, 0.15) is 12.8 Å². The molecular formula is C26H27N5O5. The maximum absolute atomic E-state index is 13.7. The molecule has 1 amide bonds. The molecule has 10 nitrogen and oxygen atoms in total. The van der Waals surface area contributed by atoms with Crippen molar-refractivity contribution in [2.45, 2.75) is 31.5 Å². The molecule has 1 aliphatic rings. The van der Waals surface area contributed by atoms with Gasteiger partial charge in [-0.2, -0.15) is 0 Å². The molecule has 3 heterocycles. The van der Waals surface area contributed by atoms with Gasteiger partial charge < -0.3 is 25.6 Å². The standard InChI is InChI=1S/C26H27N5O5/c27-24-23-21(12-13-28-24)30(15-18-5-4-14-29(18)25(34)22(33)16-32)26(35)31(23)17-8-10-20(11-9-17)36-19-6-2-1-3-7-19/h1-3,6-13,18,22,32-33H,4-5,14-16H2,(H2,27,28)/t18-,22?/m1/s1. The van der Waals surface area contributed by atoms with E-state index < -0.39 is 18.6 Å². The zero-order chi connectivity index (χ0) is 25.2. The van der Waals surface area contributed by atoms with Gasteiger partial charge in [-0.25, -0.2) is 9.78 Å². The molecule has 10 heteroatoms. The lowest BCUT2D eigenvalue weighted by molar-refractivity contribution is -0.143. The number of carbonyl (C=O) groups excluding carboxylic acids is 1. The van der Waals surface area contributed by atoms with Crippen LogP contribution in [0.15, 0.2) is 71.7 Å². The average Bonchev–Trinajstić information content (AvgIpc) is 3.48. The Morgan fingerprint density at radius 2 is 1.83 bits per heavy atom. The number of ether oxygens (including phenoxy) is 1. The van der Waals surface area contributed by atoms with Gasteiger partial charge >= 0.3 is 5.69 Å². The number of fused-ring (bicyclic) bond motifs is 1. The topological polar surface area (TPSA) is 136 Å². The predicted octanol–water partition coefficient (Wildman–Crippen LogP) is 1.91. The van der Waals surface area contributed by atoms with Crippen LogP contribution in [0.3, 0.4) is 0 Å². The van der Waals surface area contributed by atoms with Crippen molar-refractivity contribution < 1.29 is 19.7 Å². The number of aliphatic hydroxyl groups is 2. The molecule has 5 rings (SSSR count). The highest BCUT2D eigenvalue weighted by atomic mass is 16.5. The fraction of sp³-hybridized carbons (Fsp3) is 0.269. The molecule has 36 heavy (non-hydrogen) atoms. The van der Waals surface area contributed by atoms with Crippen molar-refractivity contribution in [1.29, 1.82) is 0 Å². The van der Waals surface area contributed by atoms with Crippen LogP contribution in [0.5, 0.6) is 11.5 Å². The fourth-order valence-electron chi connectivity index (χ4n) is 4.73. The first kappa shape index (κ1) is 23.6. The van der Waals surface area contributed by atoms with Gasteiger partial charge in [-0.1, -0.05) is 18.2 Å². The average molecular weight is 490 g/mol. The number of amides is 1. The van der Waals surface area contributed by atoms with Gasteiger partial charge in [-0.15, -0.1) is 0 Å². The zero-order valence-corrected chi connectivity index (χ0v) is 19.5. The molecule has 2 aromatic carbocycles. The number of benzene rings is 2. The Balaban J connectivity index is 1.50. The molecule has 4 N–H and O–H groups in total. The molecule has 1 fully saturated rings. The van der Waals surface area contributed by atoms with Gasteiger partial charge in [0, 0.05) is 25.3 Å². The van der Waals surface area contributed by atoms with E-state index in [-0.39, 0.29) is 24.1 Å². The number of likely N-dealkylation sites (tertiary alicyclic amines) is 1. The lowest BCUT2D eigenvalue weighted by atomic mass is 10.2. The van der Waals surface area contributed by atoms with Crippen LogP contribution in [-0.2, 0) is 11.3 Å². The minimum Gasteiger partial charge on any atom is -0.457 e. The van der Waals surface area contributed by atoms with Crippen molar-refractivity contribution in [3.05, 3.63) is 77.3 Å². The third-order valence-electron chi connectivity index (χ3n) is 6.45. The first-order valence-corrected chi connectivity index (χ1v) is 11.8. The van der Waals surface area contributed by atoms with Crippen molar-refractivity contribution in [3.63, 3.8) is 0 Å². The van der Waals surface area contributed by atoms with E-state index in [0.29, 0.717) is 41.2 Å². The lowest BCUT2D eigenvalue weighted by Crippen LogP contribution is -2.45. The summed E-state index contributed by atoms with van der Waals surface area (Å²) in [5.41, 5.74) is 7.57. The lowest BCUT2D eigenvalue weighted by Gasteiger charge is -2.26. The van der Waals surface area contributed by atoms with Gasteiger partial charge in [0.25, 0.3) is 5.91 Å². The molecule has 186 valence electrons. The number of carbonyl (C=O) groups is 1. The number of aliphatic hydroxyl groups excluding tert-OH is 2. The number of nitrogen functional groups attached to an aromatic ring is 1. The summed E-state index contributed by atoms with van der Waals surface area (Å²) in [4.78, 5) is 32.0. The van der Waals surface area contributed by atoms with Gasteiger partial charge in [-0.3, -0.25) is 13.9 Å². The molecular weight excluding hydrogens is 462 g/mol. The number of nitrogens with two attached hydrogens (primary N) is 1. The van der Waals surface area contributed by atoms with Crippen molar-refractivity contribution in [2.24, 2.45) is 0 Å². The third-order valence-corrected chi connectivity index (χ3v) is 6.45. The number of hydrogen-bond acceptors (Lipinski definition) is 7. The van der Waals surface area contributed by atoms with Crippen molar-refractivity contribution in [2.75, 3.05) is 18.9 Å². The fourth-order valence-corrected chi connectivity index (χ4v) is 4.73. The summed E-state index contributed by atoms with van der Waals surface area (Å²) in [6, 6.07) is 17.9. The quantitative estimate of drug-likeness (QED) is 0.361. The zero-order valence-electron chi connectivity index (χ0n) is 19.5. The Labute approximate surface area is 206 Å². The Bertz CT molecular complexity index is 1430. The van der Waals surface area contributed by atoms with Gasteiger partial charge in [0.15, 0.2) is 6.10 Å². The van der Waals surface area contributed by atoms with Gasteiger partial charge in [0.05, 0.1) is 17.8 Å². The summed E-state index contributed by atoms with van der Waals surface area (Å²) in [5.74, 6) is 1.000. The Morgan fingerprint density at radius 1 is 1.11 bits per heavy atom. The van der Waals surface area contributed by atoms with Crippen LogP contribution < -0.4 is 16.2 Å². The largest absolute Gasteiger partial charge is 0.457 e. The maximum atomic E-state index is 13.7. The first-order chi connectivity index (χ1) is 17.5. The molecule has 0 saturated carbocycles. The molecule has 2 atom stereocenters. The summed E-state index contributed by atoms with van der Waals surface area (Å²) in [5, 5.41) is 19.1. The second kappa shape index (κ2) is 9.84. The number of aromatic nitrogens is 3. The minimum absolute atomic E-state index is 0.211. The number of hydrogen-bond donors (Lipinski definition) is 3. The van der Waals surface area contributed by atoms with E-state index in [1.54, 1.807) is 41.1 Å². The highest BCUT2D eigenvalue weighted by Gasteiger charge is 2.33. The molecule has 1 saturated heterocycles. The van der Waals surface area contributed by atoms with E-state index >= 15 is 0 Å². The summed E-state index contributed by atoms with van der Waals surface area (Å²) < 4.78 is 8.96. The summed E-state index contributed by atoms with van der Waals surface area (Å²) >= 11 is 0. The third kappa shape index (κ3) is 4.32. The monoisotopic (exact) mass is 489 g/mol. The molecule has 4 aromatic rings. The number of anilines is 1. The highest BCUT2D eigenvalue weighted by Crippen LogP contribution is 2.27. The normalized spacial score (nSPS) is 16.4. The predicted molar refractivity (Wildman–Crippen MR) is 134 cm³/mol. The summed E-state index contributed by atoms with van der Waals surface area (Å²) in [6.45, 7) is 0.0406. The van der Waals surface area contributed by atoms with E-state index in [0.717, 1.165) is 6.42 Å². The molecule has 0 radical (unpaired) electrons. The number of pyridine rings is 1. The van der Waals surface area contributed by atoms with E-state index in [4.69, 9.17) is 10.5 Å². The Kier molecular flexibility index (Phi) is 6.45. The number of rotatable bonds is 7. The maximum Gasteiger partial charge on any atom is 0.333 e. The molecule has 0 aliphatic carbocycles. The van der Waals surface area contributed by atoms with E-state index in [1.807, 2.05) is 30.3 Å². The van der Waals surface area contributed by atoms with E-state index in [2.05, 4.69) is 4.98 Å². The second-order valence-electron chi connectivity index (χ2n) is 8.73. The molecule has 0 spiro atoms. The van der Waals surface area contributed by atoms with Crippen LogP contribution in [0.2, 0.25) is 0 Å². The molecule has 1 unspecified atom stereocenters. The summed E-state index contributed by atoms with van der Waals surface area (Å²) in [7, 11) is 0. The molecule has 2 aromatic heterocycles. The number of imidazole rings is 1.